The summed E-state index contributed by atoms with van der Waals surface area (Å²) < 4.78 is 68.4. The number of ether oxygens (including phenoxy) is 4. The van der Waals surface area contributed by atoms with Crippen LogP contribution in [0.1, 0.15) is 357 Å². The summed E-state index contributed by atoms with van der Waals surface area (Å²) in [5, 5.41) is 10.6. The molecule has 0 saturated carbocycles. The van der Waals surface area contributed by atoms with Gasteiger partial charge in [0.1, 0.15) is 19.3 Å². The fraction of sp³-hybridized carbons (Fsp3) is 0.944. The van der Waals surface area contributed by atoms with E-state index in [9.17, 15) is 43.2 Å². The monoisotopic (exact) mass is 1340 g/mol. The van der Waals surface area contributed by atoms with Gasteiger partial charge in [-0.3, -0.25) is 37.3 Å². The van der Waals surface area contributed by atoms with Crippen molar-refractivity contribution in [3.8, 4) is 0 Å². The van der Waals surface area contributed by atoms with Gasteiger partial charge in [0.2, 0.25) is 0 Å². The van der Waals surface area contributed by atoms with Gasteiger partial charge in [-0.2, -0.15) is 0 Å². The number of phosphoric acid groups is 2. The summed E-state index contributed by atoms with van der Waals surface area (Å²) in [7, 11) is -9.91. The van der Waals surface area contributed by atoms with Crippen LogP contribution in [0.4, 0.5) is 0 Å². The van der Waals surface area contributed by atoms with Gasteiger partial charge < -0.3 is 33.8 Å². The number of hydrogen-bond donors (Lipinski definition) is 3. The Morgan fingerprint density at radius 1 is 0.308 bits per heavy atom. The lowest BCUT2D eigenvalue weighted by Gasteiger charge is -2.21. The molecule has 0 spiro atoms. The molecular formula is C72H140O17P2. The minimum Gasteiger partial charge on any atom is -0.462 e. The first kappa shape index (κ1) is 89.1. The van der Waals surface area contributed by atoms with E-state index in [1.807, 2.05) is 0 Å². The second kappa shape index (κ2) is 61.6. The van der Waals surface area contributed by atoms with Gasteiger partial charge in [0, 0.05) is 25.7 Å². The smallest absolute Gasteiger partial charge is 0.462 e. The SMILES string of the molecule is CCC(C)CCCCCCCCCCCCC(=O)OC[C@H](COP(=O)(O)OC[C@@H](O)COP(=O)(O)OC[C@@H](COC(=O)CCCCCCCCC(C)CC)OC(=O)CCCCCCCCCCCCCCC(C)C)OC(=O)CCCCCCCCCCC(C)CC. The highest BCUT2D eigenvalue weighted by Gasteiger charge is 2.30. The summed E-state index contributed by atoms with van der Waals surface area (Å²) >= 11 is 0. The molecule has 0 amide bonds. The van der Waals surface area contributed by atoms with Gasteiger partial charge in [0.25, 0.3) is 0 Å². The number of unbranched alkanes of at least 4 members (excludes halogenated alkanes) is 32. The Kier molecular flexibility index (Phi) is 60.3. The largest absolute Gasteiger partial charge is 0.472 e. The molecular weight excluding hydrogens is 1200 g/mol. The molecule has 0 saturated heterocycles. The van der Waals surface area contributed by atoms with Gasteiger partial charge in [-0.25, -0.2) is 9.13 Å². The molecule has 19 heteroatoms. The van der Waals surface area contributed by atoms with Crippen LogP contribution < -0.4 is 0 Å². The van der Waals surface area contributed by atoms with Gasteiger partial charge in [-0.05, 0) is 49.4 Å². The number of carbonyl (C=O) groups is 4. The van der Waals surface area contributed by atoms with Crippen molar-refractivity contribution in [2.24, 2.45) is 23.7 Å². The van der Waals surface area contributed by atoms with Gasteiger partial charge >= 0.3 is 39.5 Å². The average molecular weight is 1340 g/mol. The highest BCUT2D eigenvalue weighted by atomic mass is 31.2. The van der Waals surface area contributed by atoms with Crippen molar-refractivity contribution >= 4 is 39.5 Å². The number of phosphoric ester groups is 2. The summed E-state index contributed by atoms with van der Waals surface area (Å²) in [6, 6.07) is 0. The van der Waals surface area contributed by atoms with Crippen LogP contribution in [0.15, 0.2) is 0 Å². The molecule has 0 aromatic carbocycles. The van der Waals surface area contributed by atoms with Gasteiger partial charge in [-0.15, -0.1) is 0 Å². The van der Waals surface area contributed by atoms with E-state index in [-0.39, 0.29) is 25.7 Å². The highest BCUT2D eigenvalue weighted by Crippen LogP contribution is 2.45. The van der Waals surface area contributed by atoms with Crippen LogP contribution in [0, 0.1) is 23.7 Å². The van der Waals surface area contributed by atoms with Crippen molar-refractivity contribution in [1.82, 2.24) is 0 Å². The van der Waals surface area contributed by atoms with E-state index in [2.05, 4.69) is 55.4 Å². The lowest BCUT2D eigenvalue weighted by Crippen LogP contribution is -2.30. The average Bonchev–Trinajstić information content (AvgIpc) is 3.72. The third-order valence-corrected chi connectivity index (χ3v) is 19.6. The van der Waals surface area contributed by atoms with Crippen LogP contribution in [-0.4, -0.2) is 96.7 Å². The van der Waals surface area contributed by atoms with Crippen LogP contribution in [-0.2, 0) is 65.4 Å². The molecule has 0 aromatic heterocycles. The zero-order valence-electron chi connectivity index (χ0n) is 59.5. The molecule has 0 aliphatic rings. The highest BCUT2D eigenvalue weighted by molar-refractivity contribution is 7.47. The summed E-state index contributed by atoms with van der Waals surface area (Å²) in [5.41, 5.74) is 0. The zero-order valence-corrected chi connectivity index (χ0v) is 61.3. The maximum absolute atomic E-state index is 13.0. The molecule has 0 heterocycles. The van der Waals surface area contributed by atoms with Crippen molar-refractivity contribution in [3.05, 3.63) is 0 Å². The molecule has 3 N–H and O–H groups in total. The topological polar surface area (TPSA) is 237 Å². The second-order valence-corrected chi connectivity index (χ2v) is 30.1. The molecule has 0 rings (SSSR count). The molecule has 5 unspecified atom stereocenters. The van der Waals surface area contributed by atoms with E-state index < -0.39 is 97.5 Å². The lowest BCUT2D eigenvalue weighted by atomic mass is 9.99. The third kappa shape index (κ3) is 62.6. The summed E-state index contributed by atoms with van der Waals surface area (Å²) in [6.07, 6.45) is 44.3. The molecule has 0 aliphatic heterocycles. The molecule has 91 heavy (non-hydrogen) atoms. The molecule has 8 atom stereocenters. The number of aliphatic hydroxyl groups is 1. The fourth-order valence-corrected chi connectivity index (χ4v) is 12.3. The number of rotatable bonds is 69. The minimum atomic E-state index is -4.95. The minimum absolute atomic E-state index is 0.104. The van der Waals surface area contributed by atoms with E-state index in [4.69, 9.17) is 37.0 Å². The standard InChI is InChI=1S/C72H140O17P2/c1-9-63(6)49-41-33-25-19-16-17-20-27-36-44-52-69(74)82-58-67(89-72(77)55-47-39-29-23-22-26-34-42-50-64(7)10-2)60-86-90(78,79)84-56-66(73)57-85-91(80,81)87-61-68(59-83-70(75)53-45-37-31-30-35-43-51-65(8)11-3)88-71(76)54-46-38-28-21-15-13-12-14-18-24-32-40-48-62(4)5/h62-68,73H,9-61H2,1-8H3,(H,78,79)(H,80,81)/t63?,64?,65?,66-,67-,68-/m1/s1. The molecule has 17 nitrogen and oxygen atoms in total. The van der Waals surface area contributed by atoms with Gasteiger partial charge in [-0.1, -0.05) is 306 Å². The van der Waals surface area contributed by atoms with E-state index in [1.165, 1.54) is 154 Å². The number of esters is 4. The van der Waals surface area contributed by atoms with E-state index in [0.717, 1.165) is 120 Å². The Labute approximate surface area is 556 Å². The number of aliphatic hydroxyl groups excluding tert-OH is 1. The van der Waals surface area contributed by atoms with Crippen molar-refractivity contribution in [3.63, 3.8) is 0 Å². The zero-order chi connectivity index (χ0) is 67.5. The molecule has 0 radical (unpaired) electrons. The van der Waals surface area contributed by atoms with Crippen LogP contribution in [0.3, 0.4) is 0 Å². The molecule has 540 valence electrons. The first-order chi connectivity index (χ1) is 43.7. The third-order valence-electron chi connectivity index (χ3n) is 17.7. The summed E-state index contributed by atoms with van der Waals surface area (Å²) in [5.74, 6) is 0.959. The normalized spacial score (nSPS) is 15.1. The van der Waals surface area contributed by atoms with Crippen LogP contribution in [0.5, 0.6) is 0 Å². The van der Waals surface area contributed by atoms with Crippen LogP contribution in [0.25, 0.3) is 0 Å². The Balaban J connectivity index is 5.27. The fourth-order valence-electron chi connectivity index (χ4n) is 10.7. The lowest BCUT2D eigenvalue weighted by molar-refractivity contribution is -0.161. The first-order valence-corrected chi connectivity index (χ1v) is 40.3. The maximum atomic E-state index is 13.0. The Morgan fingerprint density at radius 2 is 0.527 bits per heavy atom. The van der Waals surface area contributed by atoms with Gasteiger partial charge in [0.15, 0.2) is 12.2 Å². The molecule has 0 aromatic rings. The van der Waals surface area contributed by atoms with Crippen molar-refractivity contribution in [1.29, 1.82) is 0 Å². The molecule has 0 fully saturated rings. The quantitative estimate of drug-likeness (QED) is 0.0222. The van der Waals surface area contributed by atoms with E-state index in [1.54, 1.807) is 0 Å². The molecule has 0 bridgehead atoms. The number of carbonyl (C=O) groups excluding carboxylic acids is 4. The van der Waals surface area contributed by atoms with Crippen LogP contribution in [0.2, 0.25) is 0 Å². The van der Waals surface area contributed by atoms with Gasteiger partial charge in [0.05, 0.1) is 26.4 Å². The predicted molar refractivity (Wildman–Crippen MR) is 367 cm³/mol. The Hall–Kier alpha value is -1.94. The summed E-state index contributed by atoms with van der Waals surface area (Å²) in [6.45, 7) is 14.2. The maximum Gasteiger partial charge on any atom is 0.472 e. The number of hydrogen-bond acceptors (Lipinski definition) is 15. The van der Waals surface area contributed by atoms with Crippen LogP contribution >= 0.6 is 15.6 Å². The predicted octanol–water partition coefficient (Wildman–Crippen LogP) is 20.5. The van der Waals surface area contributed by atoms with Crippen molar-refractivity contribution in [2.45, 2.75) is 375 Å². The first-order valence-electron chi connectivity index (χ1n) is 37.3. The molecule has 0 aliphatic carbocycles. The summed E-state index contributed by atoms with van der Waals surface area (Å²) in [4.78, 5) is 72.7. The second-order valence-electron chi connectivity index (χ2n) is 27.2. The van der Waals surface area contributed by atoms with E-state index in [0.29, 0.717) is 25.7 Å². The Bertz CT molecular complexity index is 1800. The Morgan fingerprint density at radius 3 is 0.780 bits per heavy atom. The van der Waals surface area contributed by atoms with E-state index >= 15 is 0 Å². The van der Waals surface area contributed by atoms with Crippen molar-refractivity contribution < 1.29 is 80.2 Å². The van der Waals surface area contributed by atoms with Crippen molar-refractivity contribution in [2.75, 3.05) is 39.6 Å².